The van der Waals surface area contributed by atoms with Crippen molar-refractivity contribution in [2.24, 2.45) is 5.92 Å². The number of rotatable bonds is 7. The highest BCUT2D eigenvalue weighted by Gasteiger charge is 2.27. The molecule has 0 fully saturated rings. The van der Waals surface area contributed by atoms with Crippen LogP contribution in [0.2, 0.25) is 0 Å². The van der Waals surface area contributed by atoms with Gasteiger partial charge in [0.15, 0.2) is 0 Å². The van der Waals surface area contributed by atoms with E-state index in [1.54, 1.807) is 27.7 Å². The second-order valence-electron chi connectivity index (χ2n) is 6.64. The zero-order chi connectivity index (χ0) is 17.5. The van der Waals surface area contributed by atoms with Crippen molar-refractivity contribution in [1.29, 1.82) is 0 Å². The first-order chi connectivity index (χ1) is 9.96. The highest BCUT2D eigenvalue weighted by atomic mass is 16.6. The first kappa shape index (κ1) is 20.2. The van der Waals surface area contributed by atoms with Crippen molar-refractivity contribution in [2.45, 2.75) is 72.1 Å². The van der Waals surface area contributed by atoms with Crippen molar-refractivity contribution in [3.05, 3.63) is 0 Å². The topological polar surface area (TPSA) is 105 Å². The van der Waals surface area contributed by atoms with Crippen molar-refractivity contribution >= 4 is 18.0 Å². The predicted molar refractivity (Wildman–Crippen MR) is 82.5 cm³/mol. The fourth-order valence-corrected chi connectivity index (χ4v) is 1.76. The van der Waals surface area contributed by atoms with Gasteiger partial charge in [0.2, 0.25) is 5.91 Å². The number of carboxylic acid groups (broad SMARTS) is 1. The molecule has 0 saturated heterocycles. The van der Waals surface area contributed by atoms with E-state index >= 15 is 0 Å². The maximum absolute atomic E-state index is 12.2. The molecule has 0 aliphatic rings. The number of hydrogen-bond acceptors (Lipinski definition) is 4. The van der Waals surface area contributed by atoms with E-state index in [1.807, 2.05) is 13.8 Å². The van der Waals surface area contributed by atoms with Crippen LogP contribution in [0.15, 0.2) is 0 Å². The molecule has 7 heteroatoms. The van der Waals surface area contributed by atoms with Crippen molar-refractivity contribution in [3.63, 3.8) is 0 Å². The normalized spacial score (nSPS) is 14.1. The van der Waals surface area contributed by atoms with Crippen LogP contribution in [0, 0.1) is 5.92 Å². The number of ether oxygens (including phenoxy) is 1. The summed E-state index contributed by atoms with van der Waals surface area (Å²) in [7, 11) is 0. The summed E-state index contributed by atoms with van der Waals surface area (Å²) in [6, 6.07) is -1.80. The van der Waals surface area contributed by atoms with E-state index in [-0.39, 0.29) is 12.3 Å². The van der Waals surface area contributed by atoms with E-state index in [0.29, 0.717) is 6.42 Å². The fourth-order valence-electron chi connectivity index (χ4n) is 1.76. The second-order valence-corrected chi connectivity index (χ2v) is 6.64. The van der Waals surface area contributed by atoms with Crippen LogP contribution in [0.5, 0.6) is 0 Å². The number of aliphatic carboxylic acids is 1. The van der Waals surface area contributed by atoms with Crippen molar-refractivity contribution in [1.82, 2.24) is 10.6 Å². The van der Waals surface area contributed by atoms with Crippen LogP contribution in [0.1, 0.15) is 54.4 Å². The summed E-state index contributed by atoms with van der Waals surface area (Å²) < 4.78 is 5.13. The van der Waals surface area contributed by atoms with Crippen LogP contribution in [0.25, 0.3) is 0 Å². The molecule has 3 N–H and O–H groups in total. The van der Waals surface area contributed by atoms with Crippen LogP contribution in [0.4, 0.5) is 4.79 Å². The van der Waals surface area contributed by atoms with E-state index in [0.717, 1.165) is 0 Å². The maximum atomic E-state index is 12.2. The zero-order valence-electron chi connectivity index (χ0n) is 14.2. The fraction of sp³-hybridized carbons (Fsp3) is 0.800. The van der Waals surface area contributed by atoms with Crippen molar-refractivity contribution in [3.8, 4) is 0 Å². The molecule has 2 amide bonds. The van der Waals surface area contributed by atoms with Crippen LogP contribution < -0.4 is 10.6 Å². The summed E-state index contributed by atoms with van der Waals surface area (Å²) >= 11 is 0. The Morgan fingerprint density at radius 1 is 1.09 bits per heavy atom. The number of alkyl carbamates (subject to hydrolysis) is 1. The van der Waals surface area contributed by atoms with Gasteiger partial charge in [0.25, 0.3) is 0 Å². The van der Waals surface area contributed by atoms with Gasteiger partial charge in [-0.2, -0.15) is 0 Å². The van der Waals surface area contributed by atoms with Gasteiger partial charge in [-0.1, -0.05) is 20.8 Å². The van der Waals surface area contributed by atoms with Gasteiger partial charge in [0.05, 0.1) is 0 Å². The molecule has 0 aromatic heterocycles. The Balaban J connectivity index is 4.85. The summed E-state index contributed by atoms with van der Waals surface area (Å²) in [6.07, 6.45) is -0.0417. The molecule has 2 atom stereocenters. The molecule has 0 bridgehead atoms. The Morgan fingerprint density at radius 3 is 2.00 bits per heavy atom. The van der Waals surface area contributed by atoms with Gasteiger partial charge in [-0.05, 0) is 39.5 Å². The lowest BCUT2D eigenvalue weighted by atomic mass is 10.0. The lowest BCUT2D eigenvalue weighted by Gasteiger charge is -2.25. The molecule has 0 spiro atoms. The molecule has 128 valence electrons. The minimum Gasteiger partial charge on any atom is -0.480 e. The molecule has 0 unspecified atom stereocenters. The lowest BCUT2D eigenvalue weighted by molar-refractivity contribution is -0.142. The minimum absolute atomic E-state index is 0.149. The standard InChI is InChI=1S/C15H28N2O5/c1-7-10(13(19)20)16-12(18)11(8-9(2)3)17-14(21)22-15(4,5)6/h9-11H,7-8H2,1-6H3,(H,16,18)(H,17,21)(H,19,20)/t10-,11-/m0/s1. The maximum Gasteiger partial charge on any atom is 0.408 e. The molecule has 0 aromatic carbocycles. The summed E-state index contributed by atoms with van der Waals surface area (Å²) in [5.41, 5.74) is -0.671. The smallest absolute Gasteiger partial charge is 0.408 e. The van der Waals surface area contributed by atoms with E-state index in [9.17, 15) is 14.4 Å². The van der Waals surface area contributed by atoms with Gasteiger partial charge in [-0.3, -0.25) is 4.79 Å². The Labute approximate surface area is 131 Å². The number of carbonyl (C=O) groups excluding carboxylic acids is 2. The number of nitrogens with one attached hydrogen (secondary N) is 2. The molecule has 0 aliphatic carbocycles. The molecule has 0 heterocycles. The predicted octanol–water partition coefficient (Wildman–Crippen LogP) is 1.91. The number of carboxylic acids is 1. The highest BCUT2D eigenvalue weighted by Crippen LogP contribution is 2.10. The summed E-state index contributed by atoms with van der Waals surface area (Å²) in [5.74, 6) is -1.47. The summed E-state index contributed by atoms with van der Waals surface area (Å²) in [5, 5.41) is 13.9. The molecular formula is C15H28N2O5. The Morgan fingerprint density at radius 2 is 1.64 bits per heavy atom. The van der Waals surface area contributed by atoms with E-state index in [1.165, 1.54) is 0 Å². The molecule has 0 rings (SSSR count). The summed E-state index contributed by atoms with van der Waals surface area (Å²) in [4.78, 5) is 35.0. The third-order valence-corrected chi connectivity index (χ3v) is 2.74. The van der Waals surface area contributed by atoms with Gasteiger partial charge in [-0.25, -0.2) is 9.59 Å². The quantitative estimate of drug-likeness (QED) is 0.665. The first-order valence-corrected chi connectivity index (χ1v) is 7.49. The average Bonchev–Trinajstić information content (AvgIpc) is 2.31. The third kappa shape index (κ3) is 8.49. The Kier molecular flexibility index (Phi) is 7.90. The van der Waals surface area contributed by atoms with Crippen molar-refractivity contribution < 1.29 is 24.2 Å². The number of hydrogen-bond donors (Lipinski definition) is 3. The minimum atomic E-state index is -1.10. The van der Waals surface area contributed by atoms with Gasteiger partial charge < -0.3 is 20.5 Å². The van der Waals surface area contributed by atoms with Gasteiger partial charge >= 0.3 is 12.1 Å². The summed E-state index contributed by atoms with van der Waals surface area (Å²) in [6.45, 7) is 10.7. The Hall–Kier alpha value is -1.79. The monoisotopic (exact) mass is 316 g/mol. The largest absolute Gasteiger partial charge is 0.480 e. The number of carbonyl (C=O) groups is 3. The molecule has 7 nitrogen and oxygen atoms in total. The van der Waals surface area contributed by atoms with Crippen LogP contribution >= 0.6 is 0 Å². The van der Waals surface area contributed by atoms with E-state index in [2.05, 4.69) is 10.6 Å². The molecular weight excluding hydrogens is 288 g/mol. The Bertz CT molecular complexity index is 401. The van der Waals surface area contributed by atoms with Gasteiger partial charge in [-0.15, -0.1) is 0 Å². The van der Waals surface area contributed by atoms with E-state index < -0.39 is 35.7 Å². The lowest BCUT2D eigenvalue weighted by Crippen LogP contribution is -2.52. The van der Waals surface area contributed by atoms with Crippen LogP contribution in [0.3, 0.4) is 0 Å². The van der Waals surface area contributed by atoms with Crippen LogP contribution in [-0.4, -0.2) is 40.8 Å². The zero-order valence-corrected chi connectivity index (χ0v) is 14.2. The molecule has 22 heavy (non-hydrogen) atoms. The third-order valence-electron chi connectivity index (χ3n) is 2.74. The van der Waals surface area contributed by atoms with Gasteiger partial charge in [0.1, 0.15) is 17.7 Å². The molecule has 0 saturated carbocycles. The SMILES string of the molecule is CC[C@H](NC(=O)[C@H](CC(C)C)NC(=O)OC(C)(C)C)C(=O)O. The molecule has 0 aromatic rings. The van der Waals surface area contributed by atoms with Crippen LogP contribution in [-0.2, 0) is 14.3 Å². The second kappa shape index (κ2) is 8.60. The van der Waals surface area contributed by atoms with E-state index in [4.69, 9.17) is 9.84 Å². The van der Waals surface area contributed by atoms with Crippen molar-refractivity contribution in [2.75, 3.05) is 0 Å². The highest BCUT2D eigenvalue weighted by molar-refractivity contribution is 5.89. The average molecular weight is 316 g/mol. The molecule has 0 radical (unpaired) electrons. The first-order valence-electron chi connectivity index (χ1n) is 7.49. The van der Waals surface area contributed by atoms with Gasteiger partial charge in [0, 0.05) is 0 Å². The molecule has 0 aliphatic heterocycles. The number of amides is 2.